The van der Waals surface area contributed by atoms with Crippen molar-refractivity contribution in [1.29, 1.82) is 0 Å². The van der Waals surface area contributed by atoms with Gasteiger partial charge in [-0.1, -0.05) is 12.1 Å². The van der Waals surface area contributed by atoms with Gasteiger partial charge in [0.15, 0.2) is 0 Å². The van der Waals surface area contributed by atoms with Crippen molar-refractivity contribution in [2.24, 2.45) is 5.73 Å². The van der Waals surface area contributed by atoms with E-state index < -0.39 is 0 Å². The highest BCUT2D eigenvalue weighted by Crippen LogP contribution is 2.12. The van der Waals surface area contributed by atoms with Crippen LogP contribution in [0.4, 0.5) is 16.3 Å². The Labute approximate surface area is 118 Å². The molecule has 0 saturated heterocycles. The van der Waals surface area contributed by atoms with E-state index in [2.05, 4.69) is 15.6 Å². The molecule has 20 heavy (non-hydrogen) atoms. The molecule has 4 N–H and O–H groups in total. The summed E-state index contributed by atoms with van der Waals surface area (Å²) in [7, 11) is 0. The summed E-state index contributed by atoms with van der Waals surface area (Å²) >= 11 is 0. The van der Waals surface area contributed by atoms with Crippen molar-refractivity contribution in [2.45, 2.75) is 20.4 Å². The van der Waals surface area contributed by atoms with E-state index in [1.54, 1.807) is 0 Å². The zero-order valence-electron chi connectivity index (χ0n) is 11.6. The maximum Gasteiger partial charge on any atom is 0.324 e. The highest BCUT2D eigenvalue weighted by Gasteiger charge is 2.04. The van der Waals surface area contributed by atoms with Gasteiger partial charge in [0.25, 0.3) is 0 Å². The molecule has 0 bridgehead atoms. The van der Waals surface area contributed by atoms with Crippen LogP contribution in [0.1, 0.15) is 16.8 Å². The highest BCUT2D eigenvalue weighted by molar-refractivity contribution is 5.99. The SMILES string of the molecule is Cc1cc(C)nc(NC(=O)Nc2ccc(CN)cc2)c1. The minimum absolute atomic E-state index is 0.317. The number of nitrogens with one attached hydrogen (secondary N) is 2. The number of hydrogen-bond donors (Lipinski definition) is 3. The van der Waals surface area contributed by atoms with Crippen molar-refractivity contribution in [3.8, 4) is 0 Å². The number of nitrogens with zero attached hydrogens (tertiary/aromatic N) is 1. The van der Waals surface area contributed by atoms with E-state index in [1.165, 1.54) is 0 Å². The molecule has 0 saturated carbocycles. The Hall–Kier alpha value is -2.40. The fourth-order valence-corrected chi connectivity index (χ4v) is 1.91. The number of carbonyl (C=O) groups excluding carboxylic acids is 1. The largest absolute Gasteiger partial charge is 0.326 e. The molecule has 104 valence electrons. The van der Waals surface area contributed by atoms with Gasteiger partial charge in [-0.3, -0.25) is 5.32 Å². The maximum atomic E-state index is 11.9. The van der Waals surface area contributed by atoms with Gasteiger partial charge in [0.2, 0.25) is 0 Å². The highest BCUT2D eigenvalue weighted by atomic mass is 16.2. The molecule has 0 atom stereocenters. The Kier molecular flexibility index (Phi) is 4.32. The quantitative estimate of drug-likeness (QED) is 0.802. The van der Waals surface area contributed by atoms with E-state index in [0.717, 1.165) is 16.8 Å². The fourth-order valence-electron chi connectivity index (χ4n) is 1.91. The van der Waals surface area contributed by atoms with Crippen LogP contribution in [0.15, 0.2) is 36.4 Å². The zero-order valence-corrected chi connectivity index (χ0v) is 11.6. The van der Waals surface area contributed by atoms with Gasteiger partial charge < -0.3 is 11.1 Å². The first kappa shape index (κ1) is 14.0. The monoisotopic (exact) mass is 270 g/mol. The Morgan fingerprint density at radius 1 is 1.15 bits per heavy atom. The molecule has 5 heteroatoms. The lowest BCUT2D eigenvalue weighted by Crippen LogP contribution is -2.20. The molecule has 2 amide bonds. The van der Waals surface area contributed by atoms with Crippen LogP contribution in [-0.2, 0) is 6.54 Å². The molecule has 2 aromatic rings. The first-order valence-corrected chi connectivity index (χ1v) is 6.39. The first-order valence-electron chi connectivity index (χ1n) is 6.39. The van der Waals surface area contributed by atoms with E-state index in [0.29, 0.717) is 18.1 Å². The normalized spacial score (nSPS) is 10.2. The second-order valence-electron chi connectivity index (χ2n) is 4.65. The van der Waals surface area contributed by atoms with Crippen molar-refractivity contribution < 1.29 is 4.79 Å². The summed E-state index contributed by atoms with van der Waals surface area (Å²) in [5.41, 5.74) is 9.18. The van der Waals surface area contributed by atoms with E-state index in [4.69, 9.17) is 5.73 Å². The Balaban J connectivity index is 2.01. The van der Waals surface area contributed by atoms with Crippen LogP contribution in [0.2, 0.25) is 0 Å². The molecule has 0 aliphatic carbocycles. The second-order valence-corrected chi connectivity index (χ2v) is 4.65. The average molecular weight is 270 g/mol. The van der Waals surface area contributed by atoms with Crippen LogP contribution in [0, 0.1) is 13.8 Å². The second kappa shape index (κ2) is 6.16. The van der Waals surface area contributed by atoms with E-state index in [1.807, 2.05) is 50.2 Å². The van der Waals surface area contributed by atoms with Crippen LogP contribution in [-0.4, -0.2) is 11.0 Å². The molecule has 0 aliphatic heterocycles. The van der Waals surface area contributed by atoms with Gasteiger partial charge in [-0.25, -0.2) is 9.78 Å². The summed E-state index contributed by atoms with van der Waals surface area (Å²) in [6.45, 7) is 4.34. The average Bonchev–Trinajstić information content (AvgIpc) is 2.38. The summed E-state index contributed by atoms with van der Waals surface area (Å²) in [6.07, 6.45) is 0. The number of aryl methyl sites for hydroxylation is 2. The molecule has 1 aromatic carbocycles. The number of carbonyl (C=O) groups is 1. The standard InChI is InChI=1S/C15H18N4O/c1-10-7-11(2)17-14(8-10)19-15(20)18-13-5-3-12(9-16)4-6-13/h3-8H,9,16H2,1-2H3,(H2,17,18,19,20). The number of urea groups is 1. The number of nitrogens with two attached hydrogens (primary N) is 1. The number of aromatic nitrogens is 1. The number of anilines is 2. The Bertz CT molecular complexity index is 588. The van der Waals surface area contributed by atoms with Gasteiger partial charge >= 0.3 is 6.03 Å². The minimum atomic E-state index is -0.317. The summed E-state index contributed by atoms with van der Waals surface area (Å²) in [5, 5.41) is 5.46. The lowest BCUT2D eigenvalue weighted by molar-refractivity contribution is 0.262. The third kappa shape index (κ3) is 3.80. The van der Waals surface area contributed by atoms with E-state index in [-0.39, 0.29) is 6.03 Å². The van der Waals surface area contributed by atoms with Crippen LogP contribution in [0.5, 0.6) is 0 Å². The number of benzene rings is 1. The minimum Gasteiger partial charge on any atom is -0.326 e. The van der Waals surface area contributed by atoms with Gasteiger partial charge in [0, 0.05) is 17.9 Å². The van der Waals surface area contributed by atoms with Gasteiger partial charge in [0.05, 0.1) is 0 Å². The van der Waals surface area contributed by atoms with Crippen molar-refractivity contribution in [1.82, 2.24) is 4.98 Å². The maximum absolute atomic E-state index is 11.9. The van der Waals surface area contributed by atoms with Gasteiger partial charge in [0.1, 0.15) is 5.82 Å². The van der Waals surface area contributed by atoms with E-state index >= 15 is 0 Å². The molecule has 2 rings (SSSR count). The summed E-state index contributed by atoms with van der Waals surface area (Å²) in [4.78, 5) is 16.1. The van der Waals surface area contributed by atoms with Gasteiger partial charge in [-0.15, -0.1) is 0 Å². The molecule has 0 radical (unpaired) electrons. The lowest BCUT2D eigenvalue weighted by Gasteiger charge is -2.08. The number of pyridine rings is 1. The molecule has 0 aliphatic rings. The van der Waals surface area contributed by atoms with Gasteiger partial charge in [-0.2, -0.15) is 0 Å². The molecule has 0 spiro atoms. The van der Waals surface area contributed by atoms with Crippen molar-refractivity contribution >= 4 is 17.5 Å². The Morgan fingerprint density at radius 2 is 1.85 bits per heavy atom. The van der Waals surface area contributed by atoms with Crippen molar-refractivity contribution in [3.63, 3.8) is 0 Å². The summed E-state index contributed by atoms with van der Waals surface area (Å²) in [5.74, 6) is 0.540. The number of amides is 2. The Morgan fingerprint density at radius 3 is 2.45 bits per heavy atom. The predicted molar refractivity (Wildman–Crippen MR) is 80.7 cm³/mol. The van der Waals surface area contributed by atoms with Crippen LogP contribution in [0.25, 0.3) is 0 Å². The zero-order chi connectivity index (χ0) is 14.5. The summed E-state index contributed by atoms with van der Waals surface area (Å²) < 4.78 is 0. The van der Waals surface area contributed by atoms with Crippen molar-refractivity contribution in [2.75, 3.05) is 10.6 Å². The smallest absolute Gasteiger partial charge is 0.324 e. The molecule has 5 nitrogen and oxygen atoms in total. The van der Waals surface area contributed by atoms with Crippen molar-refractivity contribution in [3.05, 3.63) is 53.2 Å². The van der Waals surface area contributed by atoms with Crippen LogP contribution >= 0.6 is 0 Å². The van der Waals surface area contributed by atoms with E-state index in [9.17, 15) is 4.79 Å². The number of hydrogen-bond acceptors (Lipinski definition) is 3. The number of rotatable bonds is 3. The topological polar surface area (TPSA) is 80.0 Å². The predicted octanol–water partition coefficient (Wildman–Crippen LogP) is 2.80. The fraction of sp³-hybridized carbons (Fsp3) is 0.200. The third-order valence-electron chi connectivity index (χ3n) is 2.79. The summed E-state index contributed by atoms with van der Waals surface area (Å²) in [6, 6.07) is 10.9. The molecule has 1 aromatic heterocycles. The molecular weight excluding hydrogens is 252 g/mol. The molecule has 1 heterocycles. The van der Waals surface area contributed by atoms with Crippen LogP contribution < -0.4 is 16.4 Å². The molecule has 0 fully saturated rings. The molecule has 0 unspecified atom stereocenters. The van der Waals surface area contributed by atoms with Gasteiger partial charge in [-0.05, 0) is 49.2 Å². The van der Waals surface area contributed by atoms with Crippen LogP contribution in [0.3, 0.4) is 0 Å². The lowest BCUT2D eigenvalue weighted by atomic mass is 10.2. The first-order chi connectivity index (χ1) is 9.56. The third-order valence-corrected chi connectivity index (χ3v) is 2.79. The molecular formula is C15H18N4O.